The normalized spacial score (nSPS) is 10.2. The lowest BCUT2D eigenvalue weighted by Gasteiger charge is -2.11. The van der Waals surface area contributed by atoms with E-state index >= 15 is 0 Å². The van der Waals surface area contributed by atoms with Crippen LogP contribution in [0.5, 0.6) is 5.75 Å². The Morgan fingerprint density at radius 1 is 1.05 bits per heavy atom. The summed E-state index contributed by atoms with van der Waals surface area (Å²) < 4.78 is 1.02. The molecule has 1 amide bonds. The first-order chi connectivity index (χ1) is 9.88. The van der Waals surface area contributed by atoms with Gasteiger partial charge in [0.1, 0.15) is 5.75 Å². The Hall–Kier alpha value is -1.86. The zero-order valence-corrected chi connectivity index (χ0v) is 13.6. The van der Waals surface area contributed by atoms with Gasteiger partial charge in [-0.1, -0.05) is 15.9 Å². The number of phenolic OH excluding ortho intramolecular Hbond substituents is 1. The maximum Gasteiger partial charge on any atom is 0.337 e. The summed E-state index contributed by atoms with van der Waals surface area (Å²) in [6.45, 7) is 0. The summed E-state index contributed by atoms with van der Waals surface area (Å²) >= 11 is 6.43. The molecule has 0 aliphatic heterocycles. The largest absolute Gasteiger partial charge is 0.508 e. The van der Waals surface area contributed by atoms with Gasteiger partial charge in [-0.15, -0.1) is 0 Å². The molecule has 2 aromatic rings. The Balaban J connectivity index is 2.37. The fraction of sp³-hybridized carbons (Fsp3) is 0. The average molecular weight is 415 g/mol. The van der Waals surface area contributed by atoms with Crippen LogP contribution in [0.3, 0.4) is 0 Å². The van der Waals surface area contributed by atoms with Crippen LogP contribution in [0.1, 0.15) is 20.7 Å². The Labute approximate surface area is 136 Å². The molecule has 7 heteroatoms. The number of carboxylic acid groups (broad SMARTS) is 1. The number of benzene rings is 2. The lowest BCUT2D eigenvalue weighted by atomic mass is 10.1. The van der Waals surface area contributed by atoms with Crippen LogP contribution in [-0.2, 0) is 0 Å². The van der Waals surface area contributed by atoms with Gasteiger partial charge in [0.25, 0.3) is 5.91 Å². The molecule has 2 rings (SSSR count). The van der Waals surface area contributed by atoms with Crippen molar-refractivity contribution in [3.63, 3.8) is 0 Å². The predicted molar refractivity (Wildman–Crippen MR) is 84.9 cm³/mol. The Bertz CT molecular complexity index is 714. The summed E-state index contributed by atoms with van der Waals surface area (Å²) in [7, 11) is 0. The molecule has 0 aliphatic carbocycles. The van der Waals surface area contributed by atoms with Crippen molar-refractivity contribution in [1.82, 2.24) is 0 Å². The van der Waals surface area contributed by atoms with Gasteiger partial charge in [0.05, 0.1) is 11.3 Å². The number of phenols is 1. The number of hydrogen-bond acceptors (Lipinski definition) is 3. The Morgan fingerprint density at radius 2 is 1.67 bits per heavy atom. The number of hydrogen-bond donors (Lipinski definition) is 3. The number of amides is 1. The van der Waals surface area contributed by atoms with Crippen LogP contribution in [0, 0.1) is 0 Å². The zero-order valence-electron chi connectivity index (χ0n) is 10.4. The monoisotopic (exact) mass is 413 g/mol. The molecule has 0 aromatic heterocycles. The molecule has 0 saturated heterocycles. The SMILES string of the molecule is O=C(Nc1c(Br)cc(Br)cc1C(=O)O)c1ccc(O)cc1. The van der Waals surface area contributed by atoms with E-state index in [9.17, 15) is 19.8 Å². The van der Waals surface area contributed by atoms with Crippen LogP contribution in [0.2, 0.25) is 0 Å². The molecule has 2 aromatic carbocycles. The second kappa shape index (κ2) is 6.28. The van der Waals surface area contributed by atoms with Gasteiger partial charge in [0.15, 0.2) is 0 Å². The van der Waals surface area contributed by atoms with Gasteiger partial charge in [-0.3, -0.25) is 4.79 Å². The number of aromatic carboxylic acids is 1. The third kappa shape index (κ3) is 3.62. The molecule has 0 radical (unpaired) electrons. The number of aromatic hydroxyl groups is 1. The first-order valence-electron chi connectivity index (χ1n) is 5.71. The van der Waals surface area contributed by atoms with Crippen molar-refractivity contribution in [3.05, 3.63) is 56.5 Å². The smallest absolute Gasteiger partial charge is 0.337 e. The Kier molecular flexibility index (Phi) is 4.64. The minimum atomic E-state index is -1.15. The van der Waals surface area contributed by atoms with Crippen molar-refractivity contribution in [1.29, 1.82) is 0 Å². The highest BCUT2D eigenvalue weighted by atomic mass is 79.9. The molecule has 0 bridgehead atoms. The summed E-state index contributed by atoms with van der Waals surface area (Å²) in [6, 6.07) is 8.68. The maximum absolute atomic E-state index is 12.1. The molecule has 0 unspecified atom stereocenters. The molecule has 0 heterocycles. The molecular weight excluding hydrogens is 406 g/mol. The van der Waals surface area contributed by atoms with Crippen LogP contribution in [0.25, 0.3) is 0 Å². The highest BCUT2D eigenvalue weighted by molar-refractivity contribution is 9.11. The number of carbonyl (C=O) groups excluding carboxylic acids is 1. The molecule has 0 aliphatic rings. The van der Waals surface area contributed by atoms with Gasteiger partial charge < -0.3 is 15.5 Å². The molecule has 21 heavy (non-hydrogen) atoms. The highest BCUT2D eigenvalue weighted by Gasteiger charge is 2.17. The maximum atomic E-state index is 12.1. The third-order valence-electron chi connectivity index (χ3n) is 2.65. The predicted octanol–water partition coefficient (Wildman–Crippen LogP) is 3.87. The molecule has 5 nitrogen and oxygen atoms in total. The van der Waals surface area contributed by atoms with Crippen LogP contribution in [0.15, 0.2) is 45.3 Å². The fourth-order valence-corrected chi connectivity index (χ4v) is 2.99. The molecule has 0 atom stereocenters. The second-order valence-electron chi connectivity index (χ2n) is 4.12. The first kappa shape index (κ1) is 15.5. The van der Waals surface area contributed by atoms with Crippen molar-refractivity contribution in [2.24, 2.45) is 0 Å². The van der Waals surface area contributed by atoms with Crippen molar-refractivity contribution < 1.29 is 19.8 Å². The number of carboxylic acids is 1. The van der Waals surface area contributed by atoms with Gasteiger partial charge in [0.2, 0.25) is 0 Å². The number of carbonyl (C=O) groups is 2. The minimum Gasteiger partial charge on any atom is -0.508 e. The van der Waals surface area contributed by atoms with Gasteiger partial charge >= 0.3 is 5.97 Å². The summed E-state index contributed by atoms with van der Waals surface area (Å²) in [5.74, 6) is -1.58. The van der Waals surface area contributed by atoms with E-state index in [1.54, 1.807) is 6.07 Å². The van der Waals surface area contributed by atoms with Gasteiger partial charge in [-0.25, -0.2) is 4.79 Å². The van der Waals surface area contributed by atoms with E-state index < -0.39 is 11.9 Å². The molecule has 3 N–H and O–H groups in total. The quantitative estimate of drug-likeness (QED) is 0.711. The number of anilines is 1. The molecule has 0 spiro atoms. The van der Waals surface area contributed by atoms with Gasteiger partial charge in [-0.2, -0.15) is 0 Å². The minimum absolute atomic E-state index is 0.0385. The summed E-state index contributed by atoms with van der Waals surface area (Å²) in [4.78, 5) is 23.4. The summed E-state index contributed by atoms with van der Waals surface area (Å²) in [6.07, 6.45) is 0. The standard InChI is InChI=1S/C14H9Br2NO4/c15-8-5-10(14(20)21)12(11(16)6-8)17-13(19)7-1-3-9(18)4-2-7/h1-6,18H,(H,17,19)(H,20,21). The lowest BCUT2D eigenvalue weighted by Crippen LogP contribution is -2.15. The van der Waals surface area contributed by atoms with E-state index in [0.717, 1.165) is 0 Å². The van der Waals surface area contributed by atoms with E-state index in [4.69, 9.17) is 0 Å². The first-order valence-corrected chi connectivity index (χ1v) is 7.30. The van der Waals surface area contributed by atoms with E-state index in [1.807, 2.05) is 0 Å². The summed E-state index contributed by atoms with van der Waals surface area (Å²) in [5.41, 5.74) is 0.436. The van der Waals surface area contributed by atoms with Crippen molar-refractivity contribution in [2.45, 2.75) is 0 Å². The van der Waals surface area contributed by atoms with Crippen molar-refractivity contribution >= 4 is 49.4 Å². The van der Waals surface area contributed by atoms with Crippen LogP contribution in [-0.4, -0.2) is 22.1 Å². The van der Waals surface area contributed by atoms with E-state index in [2.05, 4.69) is 37.2 Å². The van der Waals surface area contributed by atoms with E-state index in [1.165, 1.54) is 30.3 Å². The zero-order chi connectivity index (χ0) is 15.6. The van der Waals surface area contributed by atoms with E-state index in [0.29, 0.717) is 14.5 Å². The van der Waals surface area contributed by atoms with Gasteiger partial charge in [0, 0.05) is 14.5 Å². The van der Waals surface area contributed by atoms with Gasteiger partial charge in [-0.05, 0) is 52.3 Å². The topological polar surface area (TPSA) is 86.6 Å². The molecular formula is C14H9Br2NO4. The van der Waals surface area contributed by atoms with Crippen LogP contribution < -0.4 is 5.32 Å². The number of rotatable bonds is 3. The molecule has 0 fully saturated rings. The molecule has 108 valence electrons. The Morgan fingerprint density at radius 3 is 2.24 bits per heavy atom. The summed E-state index contributed by atoms with van der Waals surface area (Å²) in [5, 5.41) is 21.0. The third-order valence-corrected chi connectivity index (χ3v) is 3.74. The van der Waals surface area contributed by atoms with Crippen molar-refractivity contribution in [3.8, 4) is 5.75 Å². The average Bonchev–Trinajstić information content (AvgIpc) is 2.41. The molecule has 0 saturated carbocycles. The lowest BCUT2D eigenvalue weighted by molar-refractivity contribution is 0.0698. The second-order valence-corrected chi connectivity index (χ2v) is 5.89. The van der Waals surface area contributed by atoms with Crippen LogP contribution >= 0.6 is 31.9 Å². The van der Waals surface area contributed by atoms with Crippen molar-refractivity contribution in [2.75, 3.05) is 5.32 Å². The number of halogens is 2. The number of nitrogens with one attached hydrogen (secondary N) is 1. The fourth-order valence-electron chi connectivity index (χ4n) is 1.67. The van der Waals surface area contributed by atoms with E-state index in [-0.39, 0.29) is 17.0 Å². The van der Waals surface area contributed by atoms with Crippen LogP contribution in [0.4, 0.5) is 5.69 Å². The highest BCUT2D eigenvalue weighted by Crippen LogP contribution is 2.31.